The van der Waals surface area contributed by atoms with Crippen LogP contribution in [0.25, 0.3) is 0 Å². The molecule has 0 unspecified atom stereocenters. The summed E-state index contributed by atoms with van der Waals surface area (Å²) in [7, 11) is 1.50. The molecule has 0 aromatic heterocycles. The second-order valence-electron chi connectivity index (χ2n) is 5.68. The number of hydrogen-bond donors (Lipinski definition) is 1. The number of fused-ring (bicyclic) bond motifs is 1. The standard InChI is InChI=1S/C19H20N2O2/c1-23-21-13-14-5-9-17(10-6-14)19(22)20-12-15-7-8-16-3-2-4-18(16)11-15/h5-11,13H,2-4,12H2,1H3,(H,20,22)/b21-13+. The molecule has 3 rings (SSSR count). The minimum atomic E-state index is -0.0688. The average molecular weight is 308 g/mol. The van der Waals surface area contributed by atoms with Gasteiger partial charge in [0.05, 0.1) is 6.21 Å². The molecule has 0 spiro atoms. The van der Waals surface area contributed by atoms with E-state index in [9.17, 15) is 4.79 Å². The van der Waals surface area contributed by atoms with Crippen molar-refractivity contribution in [3.05, 3.63) is 70.3 Å². The lowest BCUT2D eigenvalue weighted by Gasteiger charge is -2.08. The van der Waals surface area contributed by atoms with Crippen LogP contribution in [0, 0.1) is 0 Å². The first-order valence-corrected chi connectivity index (χ1v) is 7.82. The van der Waals surface area contributed by atoms with Gasteiger partial charge in [0.1, 0.15) is 7.11 Å². The largest absolute Gasteiger partial charge is 0.399 e. The molecular formula is C19H20N2O2. The van der Waals surface area contributed by atoms with E-state index >= 15 is 0 Å². The van der Waals surface area contributed by atoms with Gasteiger partial charge in [-0.1, -0.05) is 35.5 Å². The van der Waals surface area contributed by atoms with Crippen LogP contribution in [0.5, 0.6) is 0 Å². The molecule has 0 atom stereocenters. The number of amides is 1. The molecule has 0 heterocycles. The number of hydrogen-bond acceptors (Lipinski definition) is 3. The monoisotopic (exact) mass is 308 g/mol. The van der Waals surface area contributed by atoms with Gasteiger partial charge in [-0.15, -0.1) is 0 Å². The quantitative estimate of drug-likeness (QED) is 0.681. The molecule has 118 valence electrons. The molecule has 23 heavy (non-hydrogen) atoms. The van der Waals surface area contributed by atoms with Gasteiger partial charge >= 0.3 is 0 Å². The Hall–Kier alpha value is -2.62. The number of carbonyl (C=O) groups excluding carboxylic acids is 1. The zero-order chi connectivity index (χ0) is 16.1. The molecule has 0 radical (unpaired) electrons. The number of nitrogens with one attached hydrogen (secondary N) is 1. The van der Waals surface area contributed by atoms with E-state index in [1.54, 1.807) is 18.3 Å². The molecular weight excluding hydrogens is 288 g/mol. The van der Waals surface area contributed by atoms with Crippen LogP contribution in [0.4, 0.5) is 0 Å². The number of nitrogens with zero attached hydrogens (tertiary/aromatic N) is 1. The highest BCUT2D eigenvalue weighted by Gasteiger charge is 2.11. The highest BCUT2D eigenvalue weighted by atomic mass is 16.6. The van der Waals surface area contributed by atoms with Crippen molar-refractivity contribution >= 4 is 12.1 Å². The van der Waals surface area contributed by atoms with E-state index in [4.69, 9.17) is 0 Å². The second-order valence-corrected chi connectivity index (χ2v) is 5.68. The Bertz CT molecular complexity index is 721. The van der Waals surface area contributed by atoms with Gasteiger partial charge in [0.25, 0.3) is 5.91 Å². The van der Waals surface area contributed by atoms with Crippen LogP contribution < -0.4 is 5.32 Å². The van der Waals surface area contributed by atoms with Crippen molar-refractivity contribution < 1.29 is 9.63 Å². The fraction of sp³-hybridized carbons (Fsp3) is 0.263. The minimum Gasteiger partial charge on any atom is -0.399 e. The van der Waals surface area contributed by atoms with Crippen molar-refractivity contribution in [3.63, 3.8) is 0 Å². The fourth-order valence-corrected chi connectivity index (χ4v) is 2.85. The molecule has 0 saturated heterocycles. The van der Waals surface area contributed by atoms with E-state index in [0.29, 0.717) is 12.1 Å². The van der Waals surface area contributed by atoms with Crippen LogP contribution in [0.2, 0.25) is 0 Å². The molecule has 1 N–H and O–H groups in total. The Labute approximate surface area is 136 Å². The lowest BCUT2D eigenvalue weighted by Crippen LogP contribution is -2.22. The lowest BCUT2D eigenvalue weighted by atomic mass is 10.1. The number of carbonyl (C=O) groups is 1. The van der Waals surface area contributed by atoms with Gasteiger partial charge in [-0.2, -0.15) is 0 Å². The predicted octanol–water partition coefficient (Wildman–Crippen LogP) is 3.09. The van der Waals surface area contributed by atoms with Crippen LogP contribution in [-0.2, 0) is 24.2 Å². The summed E-state index contributed by atoms with van der Waals surface area (Å²) in [4.78, 5) is 16.8. The van der Waals surface area contributed by atoms with Crippen molar-refractivity contribution in [2.24, 2.45) is 5.16 Å². The van der Waals surface area contributed by atoms with Crippen molar-refractivity contribution in [2.75, 3.05) is 7.11 Å². The fourth-order valence-electron chi connectivity index (χ4n) is 2.85. The van der Waals surface area contributed by atoms with Gasteiger partial charge in [-0.25, -0.2) is 0 Å². The van der Waals surface area contributed by atoms with E-state index in [1.807, 2.05) is 12.1 Å². The molecule has 4 nitrogen and oxygen atoms in total. The summed E-state index contributed by atoms with van der Waals surface area (Å²) in [5.74, 6) is -0.0688. The van der Waals surface area contributed by atoms with Gasteiger partial charge in [0.2, 0.25) is 0 Å². The molecule has 1 amide bonds. The number of benzene rings is 2. The summed E-state index contributed by atoms with van der Waals surface area (Å²) < 4.78 is 0. The Morgan fingerprint density at radius 2 is 1.96 bits per heavy atom. The summed E-state index contributed by atoms with van der Waals surface area (Å²) in [6.07, 6.45) is 5.18. The van der Waals surface area contributed by atoms with E-state index in [-0.39, 0.29) is 5.91 Å². The number of aryl methyl sites for hydroxylation is 2. The normalized spacial score (nSPS) is 13.1. The predicted molar refractivity (Wildman–Crippen MR) is 90.7 cm³/mol. The summed E-state index contributed by atoms with van der Waals surface area (Å²) in [6, 6.07) is 13.8. The van der Waals surface area contributed by atoms with Crippen LogP contribution in [0.1, 0.15) is 39.0 Å². The second kappa shape index (κ2) is 7.09. The maximum atomic E-state index is 12.2. The zero-order valence-electron chi connectivity index (χ0n) is 13.2. The number of oxime groups is 1. The Balaban J connectivity index is 1.59. The van der Waals surface area contributed by atoms with Gasteiger partial charge in [0.15, 0.2) is 0 Å². The zero-order valence-corrected chi connectivity index (χ0v) is 13.2. The van der Waals surface area contributed by atoms with E-state index in [2.05, 4.69) is 33.5 Å². The van der Waals surface area contributed by atoms with Gasteiger partial charge in [0, 0.05) is 12.1 Å². The SMILES string of the molecule is CO/N=C/c1ccc(C(=O)NCc2ccc3c(c2)CCC3)cc1. The third kappa shape index (κ3) is 3.77. The first-order valence-electron chi connectivity index (χ1n) is 7.82. The van der Waals surface area contributed by atoms with Crippen molar-refractivity contribution in [1.29, 1.82) is 0 Å². The highest BCUT2D eigenvalue weighted by molar-refractivity contribution is 5.94. The van der Waals surface area contributed by atoms with Gasteiger partial charge in [-0.05, 0) is 53.6 Å². The third-order valence-electron chi connectivity index (χ3n) is 4.10. The van der Waals surface area contributed by atoms with Gasteiger partial charge in [-0.3, -0.25) is 4.79 Å². The summed E-state index contributed by atoms with van der Waals surface area (Å²) in [6.45, 7) is 0.555. The summed E-state index contributed by atoms with van der Waals surface area (Å²) in [5.41, 5.74) is 5.57. The number of rotatable bonds is 5. The van der Waals surface area contributed by atoms with Crippen molar-refractivity contribution in [1.82, 2.24) is 5.32 Å². The van der Waals surface area contributed by atoms with E-state index in [1.165, 1.54) is 31.1 Å². The lowest BCUT2D eigenvalue weighted by molar-refractivity contribution is 0.0951. The maximum Gasteiger partial charge on any atom is 0.251 e. The summed E-state index contributed by atoms with van der Waals surface area (Å²) >= 11 is 0. The molecule has 2 aromatic carbocycles. The van der Waals surface area contributed by atoms with Crippen molar-refractivity contribution in [3.8, 4) is 0 Å². The summed E-state index contributed by atoms with van der Waals surface area (Å²) in [5, 5.41) is 6.67. The molecule has 1 aliphatic carbocycles. The smallest absolute Gasteiger partial charge is 0.251 e. The minimum absolute atomic E-state index is 0.0688. The molecule has 0 fully saturated rings. The molecule has 0 saturated carbocycles. The first-order chi connectivity index (χ1) is 11.3. The van der Waals surface area contributed by atoms with E-state index in [0.717, 1.165) is 17.5 Å². The third-order valence-corrected chi connectivity index (χ3v) is 4.10. The molecule has 0 aliphatic heterocycles. The topological polar surface area (TPSA) is 50.7 Å². The van der Waals surface area contributed by atoms with Crippen LogP contribution in [0.15, 0.2) is 47.6 Å². The highest BCUT2D eigenvalue weighted by Crippen LogP contribution is 2.22. The van der Waals surface area contributed by atoms with Crippen LogP contribution in [0.3, 0.4) is 0 Å². The molecule has 2 aromatic rings. The maximum absolute atomic E-state index is 12.2. The van der Waals surface area contributed by atoms with Crippen LogP contribution >= 0.6 is 0 Å². The Morgan fingerprint density at radius 1 is 1.17 bits per heavy atom. The molecule has 1 aliphatic rings. The molecule has 4 heteroatoms. The first kappa shape index (κ1) is 15.3. The Morgan fingerprint density at radius 3 is 2.74 bits per heavy atom. The Kier molecular flexibility index (Phi) is 4.71. The average Bonchev–Trinajstić information content (AvgIpc) is 3.06. The van der Waals surface area contributed by atoms with Gasteiger partial charge < -0.3 is 10.2 Å². The van der Waals surface area contributed by atoms with E-state index < -0.39 is 0 Å². The molecule has 0 bridgehead atoms. The van der Waals surface area contributed by atoms with Crippen molar-refractivity contribution in [2.45, 2.75) is 25.8 Å². The van der Waals surface area contributed by atoms with Crippen LogP contribution in [-0.4, -0.2) is 19.2 Å².